The SMILES string of the molecule is CCCCOC(=O)CN(c1ccc2cc(-c3noc(C(C)C)n3)ccc2c1)S(=O)(=O)c1cc(Cl)cc(Cl)c1. The van der Waals surface area contributed by atoms with Crippen molar-refractivity contribution < 1.29 is 22.5 Å². The minimum atomic E-state index is -4.22. The van der Waals surface area contributed by atoms with E-state index in [-0.39, 0.29) is 33.2 Å². The van der Waals surface area contributed by atoms with Gasteiger partial charge >= 0.3 is 5.97 Å². The molecule has 4 aromatic rings. The first-order chi connectivity index (χ1) is 18.1. The summed E-state index contributed by atoms with van der Waals surface area (Å²) in [5.41, 5.74) is 1.05. The number of carbonyl (C=O) groups is 1. The molecule has 1 aromatic heterocycles. The van der Waals surface area contributed by atoms with Gasteiger partial charge in [-0.15, -0.1) is 0 Å². The van der Waals surface area contributed by atoms with Gasteiger partial charge in [-0.25, -0.2) is 8.42 Å². The largest absolute Gasteiger partial charge is 0.464 e. The molecule has 0 N–H and O–H groups in total. The van der Waals surface area contributed by atoms with Crippen molar-refractivity contribution in [1.82, 2.24) is 10.1 Å². The minimum Gasteiger partial charge on any atom is -0.464 e. The summed E-state index contributed by atoms with van der Waals surface area (Å²) in [6, 6.07) is 14.7. The Kier molecular flexibility index (Phi) is 8.60. The van der Waals surface area contributed by atoms with Gasteiger partial charge in [-0.2, -0.15) is 4.98 Å². The number of aromatic nitrogens is 2. The second-order valence-electron chi connectivity index (χ2n) is 9.05. The first-order valence-corrected chi connectivity index (χ1v) is 14.3. The van der Waals surface area contributed by atoms with Crippen LogP contribution in [-0.4, -0.2) is 37.7 Å². The van der Waals surface area contributed by atoms with Crippen molar-refractivity contribution >= 4 is 55.7 Å². The zero-order chi connectivity index (χ0) is 27.4. The number of fused-ring (bicyclic) bond motifs is 1. The molecule has 38 heavy (non-hydrogen) atoms. The quantitative estimate of drug-likeness (QED) is 0.150. The lowest BCUT2D eigenvalue weighted by Crippen LogP contribution is -2.36. The van der Waals surface area contributed by atoms with Crippen LogP contribution in [0.3, 0.4) is 0 Å². The van der Waals surface area contributed by atoms with Crippen LogP contribution < -0.4 is 4.31 Å². The van der Waals surface area contributed by atoms with E-state index in [1.807, 2.05) is 39.0 Å². The summed E-state index contributed by atoms with van der Waals surface area (Å²) in [6.07, 6.45) is 1.52. The molecule has 1 heterocycles. The maximum Gasteiger partial charge on any atom is 0.326 e. The van der Waals surface area contributed by atoms with Gasteiger partial charge in [-0.05, 0) is 53.6 Å². The van der Waals surface area contributed by atoms with Crippen molar-refractivity contribution in [3.63, 3.8) is 0 Å². The Hall–Kier alpha value is -3.14. The van der Waals surface area contributed by atoms with E-state index < -0.39 is 22.5 Å². The van der Waals surface area contributed by atoms with E-state index in [4.69, 9.17) is 32.5 Å². The van der Waals surface area contributed by atoms with Crippen molar-refractivity contribution in [2.75, 3.05) is 17.5 Å². The first-order valence-electron chi connectivity index (χ1n) is 12.1. The fraction of sp³-hybridized carbons (Fsp3) is 0.296. The zero-order valence-corrected chi connectivity index (χ0v) is 23.5. The van der Waals surface area contributed by atoms with Crippen molar-refractivity contribution in [3.05, 3.63) is 70.5 Å². The van der Waals surface area contributed by atoms with Gasteiger partial charge in [0, 0.05) is 21.5 Å². The highest BCUT2D eigenvalue weighted by Gasteiger charge is 2.29. The highest BCUT2D eigenvalue weighted by molar-refractivity contribution is 7.92. The van der Waals surface area contributed by atoms with E-state index in [0.29, 0.717) is 18.1 Å². The van der Waals surface area contributed by atoms with Crippen LogP contribution in [0.25, 0.3) is 22.2 Å². The van der Waals surface area contributed by atoms with Crippen LogP contribution in [-0.2, 0) is 19.6 Å². The third kappa shape index (κ3) is 6.28. The number of carbonyl (C=O) groups excluding carboxylic acids is 1. The van der Waals surface area contributed by atoms with Crippen LogP contribution in [0.2, 0.25) is 10.0 Å². The monoisotopic (exact) mass is 575 g/mol. The Morgan fingerprint density at radius 2 is 1.71 bits per heavy atom. The van der Waals surface area contributed by atoms with Crippen LogP contribution in [0.5, 0.6) is 0 Å². The molecule has 0 fully saturated rings. The predicted octanol–water partition coefficient (Wildman–Crippen LogP) is 6.86. The van der Waals surface area contributed by atoms with Crippen molar-refractivity contribution in [2.24, 2.45) is 0 Å². The lowest BCUT2D eigenvalue weighted by molar-refractivity contribution is -0.141. The van der Waals surface area contributed by atoms with Gasteiger partial charge in [0.1, 0.15) is 6.54 Å². The smallest absolute Gasteiger partial charge is 0.326 e. The molecule has 200 valence electrons. The van der Waals surface area contributed by atoms with Crippen molar-refractivity contribution in [3.8, 4) is 11.4 Å². The molecule has 8 nitrogen and oxygen atoms in total. The summed E-state index contributed by atoms with van der Waals surface area (Å²) in [7, 11) is -4.22. The minimum absolute atomic E-state index is 0.107. The molecule has 0 amide bonds. The van der Waals surface area contributed by atoms with Gasteiger partial charge in [0.2, 0.25) is 11.7 Å². The Labute approximate surface area is 231 Å². The van der Waals surface area contributed by atoms with Gasteiger partial charge < -0.3 is 9.26 Å². The highest BCUT2D eigenvalue weighted by Crippen LogP contribution is 2.31. The van der Waals surface area contributed by atoms with Gasteiger partial charge in [0.25, 0.3) is 10.0 Å². The number of hydrogen-bond acceptors (Lipinski definition) is 7. The van der Waals surface area contributed by atoms with Gasteiger partial charge in [-0.3, -0.25) is 9.10 Å². The van der Waals surface area contributed by atoms with Crippen LogP contribution in [0.15, 0.2) is 64.0 Å². The fourth-order valence-corrected chi connectivity index (χ4v) is 5.86. The molecule has 0 radical (unpaired) electrons. The molecular weight excluding hydrogens is 549 g/mol. The maximum atomic E-state index is 13.7. The molecule has 0 spiro atoms. The average molecular weight is 577 g/mol. The highest BCUT2D eigenvalue weighted by atomic mass is 35.5. The second-order valence-corrected chi connectivity index (χ2v) is 11.8. The van der Waals surface area contributed by atoms with E-state index in [2.05, 4.69) is 10.1 Å². The third-order valence-corrected chi connectivity index (χ3v) is 7.95. The lowest BCUT2D eigenvalue weighted by Gasteiger charge is -2.24. The zero-order valence-electron chi connectivity index (χ0n) is 21.1. The Morgan fingerprint density at radius 3 is 2.37 bits per heavy atom. The molecule has 0 unspecified atom stereocenters. The van der Waals surface area contributed by atoms with Gasteiger partial charge in [-0.1, -0.05) is 73.7 Å². The molecular formula is C27H27Cl2N3O5S. The first kappa shape index (κ1) is 27.9. The van der Waals surface area contributed by atoms with E-state index in [0.717, 1.165) is 27.1 Å². The van der Waals surface area contributed by atoms with Gasteiger partial charge in [0.15, 0.2) is 0 Å². The van der Waals surface area contributed by atoms with Crippen molar-refractivity contribution in [1.29, 1.82) is 0 Å². The second kappa shape index (κ2) is 11.7. The molecule has 0 aliphatic carbocycles. The molecule has 0 aliphatic heterocycles. The summed E-state index contributed by atoms with van der Waals surface area (Å²) in [4.78, 5) is 16.9. The number of unbranched alkanes of at least 4 members (excludes halogenated alkanes) is 1. The molecule has 4 rings (SSSR count). The Bertz CT molecular complexity index is 1550. The summed E-state index contributed by atoms with van der Waals surface area (Å²) < 4.78 is 39.0. The number of esters is 1. The molecule has 0 saturated heterocycles. The van der Waals surface area contributed by atoms with Crippen LogP contribution in [0.4, 0.5) is 5.69 Å². The van der Waals surface area contributed by atoms with E-state index in [1.165, 1.54) is 18.2 Å². The van der Waals surface area contributed by atoms with Crippen LogP contribution >= 0.6 is 23.2 Å². The van der Waals surface area contributed by atoms with Crippen molar-refractivity contribution in [2.45, 2.75) is 44.4 Å². The number of nitrogens with zero attached hydrogens (tertiary/aromatic N) is 3. The lowest BCUT2D eigenvalue weighted by atomic mass is 10.1. The number of anilines is 1. The molecule has 0 bridgehead atoms. The number of ether oxygens (including phenoxy) is 1. The summed E-state index contributed by atoms with van der Waals surface area (Å²) in [5.74, 6) is 0.457. The van der Waals surface area contributed by atoms with Gasteiger partial charge in [0.05, 0.1) is 17.2 Å². The molecule has 3 aromatic carbocycles. The molecule has 0 aliphatic rings. The average Bonchev–Trinajstić information content (AvgIpc) is 3.37. The summed E-state index contributed by atoms with van der Waals surface area (Å²) >= 11 is 12.2. The topological polar surface area (TPSA) is 103 Å². The molecule has 0 atom stereocenters. The normalized spacial score (nSPS) is 11.7. The molecule has 11 heteroatoms. The molecule has 0 saturated carbocycles. The number of halogens is 2. The Balaban J connectivity index is 1.72. The summed E-state index contributed by atoms with van der Waals surface area (Å²) in [5, 5.41) is 5.96. The van der Waals surface area contributed by atoms with Crippen LogP contribution in [0, 0.1) is 0 Å². The number of benzene rings is 3. The number of hydrogen-bond donors (Lipinski definition) is 0. The summed E-state index contributed by atoms with van der Waals surface area (Å²) in [6.45, 7) is 5.60. The maximum absolute atomic E-state index is 13.7. The number of rotatable bonds is 10. The fourth-order valence-electron chi connectivity index (χ4n) is 3.73. The van der Waals surface area contributed by atoms with Crippen LogP contribution in [0.1, 0.15) is 45.4 Å². The number of sulfonamides is 1. The third-order valence-electron chi connectivity index (χ3n) is 5.76. The van der Waals surface area contributed by atoms with E-state index in [1.54, 1.807) is 18.2 Å². The Morgan fingerprint density at radius 1 is 1.03 bits per heavy atom. The standard InChI is InChI=1S/C27H27Cl2N3O5S/c1-4-5-10-36-25(33)16-32(38(34,35)24-14-21(28)13-22(29)15-24)23-9-8-18-11-20(7-6-19(18)12-23)26-30-27(17(2)3)37-31-26/h6-9,11-15,17H,4-5,10,16H2,1-3H3. The van der Waals surface area contributed by atoms with E-state index >= 15 is 0 Å². The predicted molar refractivity (Wildman–Crippen MR) is 148 cm³/mol. The van der Waals surface area contributed by atoms with E-state index in [9.17, 15) is 13.2 Å².